The number of nitrogens with one attached hydrogen (secondary N) is 4. The number of pyridine rings is 1. The number of aliphatic carboxylic acids is 1. The number of hydrogen-bond donors (Lipinski definition) is 8. The topological polar surface area (TPSA) is 296 Å². The van der Waals surface area contributed by atoms with Gasteiger partial charge in [0.25, 0.3) is 11.8 Å². The zero-order chi connectivity index (χ0) is 53.1. The number of aromatic nitrogens is 2. The van der Waals surface area contributed by atoms with E-state index in [0.717, 1.165) is 35.9 Å². The number of amides is 7. The molecule has 4 atom stereocenters. The molecule has 4 aromatic rings. The number of carbonyl (C=O) groups is 8. The first-order valence-corrected chi connectivity index (χ1v) is 22.9. The molecule has 0 saturated carbocycles. The lowest BCUT2D eigenvalue weighted by atomic mass is 9.84. The van der Waals surface area contributed by atoms with Gasteiger partial charge in [0, 0.05) is 67.2 Å². The minimum atomic E-state index is -2.00. The molecule has 3 heterocycles. The molecule has 0 unspecified atom stereocenters. The predicted octanol–water partition coefficient (Wildman–Crippen LogP) is 1.35. The molecule has 0 radical (unpaired) electrons. The first-order chi connectivity index (χ1) is 34.1. The molecule has 72 heavy (non-hydrogen) atoms. The molecule has 1 aliphatic rings. The number of benzene rings is 2. The van der Waals surface area contributed by atoms with Gasteiger partial charge in [0.1, 0.15) is 36.3 Å². The summed E-state index contributed by atoms with van der Waals surface area (Å²) in [5.41, 5.74) is 7.40. The number of imide groups is 1. The fourth-order valence-corrected chi connectivity index (χ4v) is 7.74. The summed E-state index contributed by atoms with van der Waals surface area (Å²) in [5, 5.41) is 36.9. The summed E-state index contributed by atoms with van der Waals surface area (Å²) in [7, 11) is 0. The first kappa shape index (κ1) is 56.9. The van der Waals surface area contributed by atoms with Crippen LogP contribution in [-0.4, -0.2) is 140 Å². The highest BCUT2D eigenvalue weighted by atomic mass is 19.1. The van der Waals surface area contributed by atoms with Crippen molar-refractivity contribution in [3.8, 4) is 11.1 Å². The number of carboxylic acid groups (broad SMARTS) is 1. The average molecular weight is 1000 g/mol. The summed E-state index contributed by atoms with van der Waals surface area (Å²) in [6.45, 7) is 5.97. The van der Waals surface area contributed by atoms with Crippen LogP contribution < -0.4 is 27.0 Å². The van der Waals surface area contributed by atoms with Crippen molar-refractivity contribution >= 4 is 47.3 Å². The Morgan fingerprint density at radius 2 is 1.46 bits per heavy atom. The fourth-order valence-electron chi connectivity index (χ4n) is 7.74. The molecule has 0 spiro atoms. The van der Waals surface area contributed by atoms with E-state index in [4.69, 9.17) is 15.9 Å². The lowest BCUT2D eigenvalue weighted by molar-refractivity contribution is -0.157. The van der Waals surface area contributed by atoms with Gasteiger partial charge in [-0.2, -0.15) is 0 Å². The number of rotatable bonds is 24. The second kappa shape index (κ2) is 27.1. The van der Waals surface area contributed by atoms with Gasteiger partial charge in [0.15, 0.2) is 0 Å². The molecule has 0 fully saturated rings. The van der Waals surface area contributed by atoms with Crippen LogP contribution in [0.5, 0.6) is 0 Å². The van der Waals surface area contributed by atoms with Crippen LogP contribution >= 0.6 is 0 Å². The molecule has 9 N–H and O–H groups in total. The Bertz CT molecular complexity index is 2550. The zero-order valence-corrected chi connectivity index (χ0v) is 40.3. The van der Waals surface area contributed by atoms with Gasteiger partial charge in [-0.1, -0.05) is 51.1 Å². The number of hydrogen-bond acceptors (Lipinski definition) is 12. The number of nitrogens with two attached hydrogens (primary N) is 1. The van der Waals surface area contributed by atoms with Crippen LogP contribution in [0.15, 0.2) is 97.5 Å². The third-order valence-electron chi connectivity index (χ3n) is 11.1. The molecule has 2 aromatic heterocycles. The standard InChI is InChI=1S/C48H55F2N9O9.C2H6O2/c1-29(56-40(61)22-30-14-17-52-18-15-30)46(66)59(38(47(67)68)25-39(51)60)36(45(65)55-21-20-53-41(62)28-58-42(63)12-13-43(58)64)16-19-54-44(48(2,3)4)37-23-32(34-24-33(49)10-11-35(34)50)27-57(37)26-31-8-6-5-7-9-31;3-1-2-4/h5-15,17-18,23-24,27,29,36,38,44,54H,16,19-22,25-26,28H2,1-4H3,(H2,51,60)(H,53,62)(H,55,65)(H,56,61)(H,67,68);3-4H,1-2H2/t29-,36-,38-,44-;/m0./s1. The summed E-state index contributed by atoms with van der Waals surface area (Å²) in [6.07, 6.45) is 5.32. The number of nitrogens with zero attached hydrogens (tertiary/aromatic N) is 4. The highest BCUT2D eigenvalue weighted by Crippen LogP contribution is 2.37. The maximum Gasteiger partial charge on any atom is 0.326 e. The van der Waals surface area contributed by atoms with Gasteiger partial charge in [-0.15, -0.1) is 0 Å². The van der Waals surface area contributed by atoms with E-state index >= 15 is 4.39 Å². The van der Waals surface area contributed by atoms with Crippen LogP contribution in [0.25, 0.3) is 11.1 Å². The molecular weight excluding hydrogens is 941 g/mol. The molecule has 0 saturated heterocycles. The molecule has 20 nitrogen and oxygen atoms in total. The van der Waals surface area contributed by atoms with Crippen LogP contribution in [0.4, 0.5) is 8.78 Å². The SMILES string of the molecule is C[C@H](NC(=O)Cc1ccncc1)C(=O)N([C@@H](CC(N)=O)C(=O)O)[C@@H](CCN[C@@H](c1cc(-c2cc(F)ccc2F)cn1Cc1ccccc1)C(C)(C)C)C(=O)NCCNC(=O)CN1C(=O)C=CC1=O.OCCO. The van der Waals surface area contributed by atoms with Crippen molar-refractivity contribution in [2.75, 3.05) is 39.4 Å². The highest BCUT2D eigenvalue weighted by molar-refractivity contribution is 6.14. The third kappa shape index (κ3) is 16.7. The highest BCUT2D eigenvalue weighted by Gasteiger charge is 2.42. The minimum Gasteiger partial charge on any atom is -0.480 e. The van der Waals surface area contributed by atoms with Gasteiger partial charge >= 0.3 is 5.97 Å². The number of aliphatic hydroxyl groups is 2. The van der Waals surface area contributed by atoms with Gasteiger partial charge in [-0.3, -0.25) is 43.4 Å². The number of primary amides is 1. The summed E-state index contributed by atoms with van der Waals surface area (Å²) >= 11 is 0. The molecule has 0 aliphatic carbocycles. The second-order valence-electron chi connectivity index (χ2n) is 17.7. The molecule has 7 amide bonds. The number of carboxylic acids is 1. The van der Waals surface area contributed by atoms with Crippen LogP contribution in [0.1, 0.15) is 63.4 Å². The van der Waals surface area contributed by atoms with Crippen molar-refractivity contribution in [1.82, 2.24) is 40.6 Å². The number of halogens is 2. The number of aliphatic hydroxyl groups excluding tert-OH is 2. The smallest absolute Gasteiger partial charge is 0.326 e. The fraction of sp³-hybridized carbons (Fsp3) is 0.380. The maximum atomic E-state index is 15.2. The quantitative estimate of drug-likeness (QED) is 0.0364. The Balaban J connectivity index is 0.00000271. The Morgan fingerprint density at radius 3 is 2.06 bits per heavy atom. The van der Waals surface area contributed by atoms with Crippen molar-refractivity contribution in [3.05, 3.63) is 126 Å². The van der Waals surface area contributed by atoms with Crippen molar-refractivity contribution in [2.24, 2.45) is 11.1 Å². The summed E-state index contributed by atoms with van der Waals surface area (Å²) in [4.78, 5) is 109. The Morgan fingerprint density at radius 1 is 0.819 bits per heavy atom. The van der Waals surface area contributed by atoms with Gasteiger partial charge in [-0.25, -0.2) is 13.6 Å². The summed E-state index contributed by atoms with van der Waals surface area (Å²) < 4.78 is 31.6. The molecular formula is C50H61F2N9O11. The van der Waals surface area contributed by atoms with Crippen LogP contribution in [0.2, 0.25) is 0 Å². The van der Waals surface area contributed by atoms with Crippen LogP contribution in [-0.2, 0) is 51.3 Å². The molecule has 2 aromatic carbocycles. The van der Waals surface area contributed by atoms with E-state index < -0.39 is 102 Å². The van der Waals surface area contributed by atoms with Crippen molar-refractivity contribution < 1.29 is 62.5 Å². The molecule has 386 valence electrons. The van der Waals surface area contributed by atoms with E-state index in [-0.39, 0.29) is 51.3 Å². The van der Waals surface area contributed by atoms with Crippen molar-refractivity contribution in [1.29, 1.82) is 0 Å². The molecule has 22 heteroatoms. The Labute approximate surface area is 414 Å². The zero-order valence-electron chi connectivity index (χ0n) is 40.3. The van der Waals surface area contributed by atoms with E-state index in [1.165, 1.54) is 19.3 Å². The van der Waals surface area contributed by atoms with E-state index in [0.29, 0.717) is 33.2 Å². The molecule has 1 aliphatic heterocycles. The number of carbonyl (C=O) groups excluding carboxylic acids is 7. The largest absolute Gasteiger partial charge is 0.480 e. The van der Waals surface area contributed by atoms with E-state index in [2.05, 4.69) is 26.3 Å². The van der Waals surface area contributed by atoms with Gasteiger partial charge in [-0.05, 0) is 72.8 Å². The van der Waals surface area contributed by atoms with Crippen LogP contribution in [0, 0.1) is 17.0 Å². The third-order valence-corrected chi connectivity index (χ3v) is 11.1. The van der Waals surface area contributed by atoms with E-state index in [1.54, 1.807) is 24.4 Å². The lowest BCUT2D eigenvalue weighted by Gasteiger charge is -2.38. The van der Waals surface area contributed by atoms with Crippen molar-refractivity contribution in [2.45, 2.75) is 77.7 Å². The van der Waals surface area contributed by atoms with Crippen LogP contribution in [0.3, 0.4) is 0 Å². The first-order valence-electron chi connectivity index (χ1n) is 22.9. The van der Waals surface area contributed by atoms with Gasteiger partial charge < -0.3 is 51.8 Å². The maximum absolute atomic E-state index is 15.2. The summed E-state index contributed by atoms with van der Waals surface area (Å²) in [5.74, 6) is -8.69. The predicted molar refractivity (Wildman–Crippen MR) is 258 cm³/mol. The molecule has 5 rings (SSSR count). The molecule has 0 bridgehead atoms. The lowest BCUT2D eigenvalue weighted by Crippen LogP contribution is -2.61. The summed E-state index contributed by atoms with van der Waals surface area (Å²) in [6, 6.07) is 11.8. The minimum absolute atomic E-state index is 0.0268. The van der Waals surface area contributed by atoms with Gasteiger partial charge in [0.2, 0.25) is 29.5 Å². The van der Waals surface area contributed by atoms with E-state index in [1.807, 2.05) is 55.7 Å². The van der Waals surface area contributed by atoms with E-state index in [9.17, 15) is 47.9 Å². The monoisotopic (exact) mass is 1000 g/mol. The average Bonchev–Trinajstić information content (AvgIpc) is 3.88. The second-order valence-corrected chi connectivity index (χ2v) is 17.7. The van der Waals surface area contributed by atoms with Gasteiger partial charge in [0.05, 0.1) is 32.1 Å². The normalized spacial score (nSPS) is 13.8. The Kier molecular flexibility index (Phi) is 21.4. The Hall–Kier alpha value is -7.69. The van der Waals surface area contributed by atoms with Crippen molar-refractivity contribution in [3.63, 3.8) is 0 Å².